The van der Waals surface area contributed by atoms with Gasteiger partial charge in [0.25, 0.3) is 0 Å². The van der Waals surface area contributed by atoms with Crippen molar-refractivity contribution in [1.29, 1.82) is 0 Å². The Morgan fingerprint density at radius 2 is 1.96 bits per heavy atom. The van der Waals surface area contributed by atoms with Crippen LogP contribution in [-0.2, 0) is 13.2 Å². The lowest BCUT2D eigenvalue weighted by atomic mass is 10.1. The second kappa shape index (κ2) is 8.16. The van der Waals surface area contributed by atoms with Crippen LogP contribution in [0, 0.1) is 6.92 Å². The lowest BCUT2D eigenvalue weighted by molar-refractivity contribution is 0.274. The summed E-state index contributed by atoms with van der Waals surface area (Å²) in [4.78, 5) is 11.6. The Labute approximate surface area is 148 Å². The predicted octanol–water partition coefficient (Wildman–Crippen LogP) is 2.89. The van der Waals surface area contributed by atoms with Gasteiger partial charge in [0.1, 0.15) is 5.75 Å². The van der Waals surface area contributed by atoms with Gasteiger partial charge in [-0.3, -0.25) is 0 Å². The quantitative estimate of drug-likeness (QED) is 0.841. The minimum atomic E-state index is -0.0512. The Bertz CT molecular complexity index is 715. The van der Waals surface area contributed by atoms with E-state index in [4.69, 9.17) is 9.72 Å². The average Bonchev–Trinajstić information content (AvgIpc) is 2.66. The minimum Gasteiger partial charge on any atom is -0.496 e. The van der Waals surface area contributed by atoms with Crippen molar-refractivity contribution in [3.8, 4) is 5.75 Å². The summed E-state index contributed by atoms with van der Waals surface area (Å²) in [5.41, 5.74) is 3.65. The molecule has 0 atom stereocenters. The monoisotopic (exact) mass is 342 g/mol. The molecule has 0 spiro atoms. The second-order valence-electron chi connectivity index (χ2n) is 6.39. The number of aryl methyl sites for hydroxylation is 1. The van der Waals surface area contributed by atoms with Crippen molar-refractivity contribution in [3.63, 3.8) is 0 Å². The van der Waals surface area contributed by atoms with E-state index in [1.165, 1.54) is 19.3 Å². The third kappa shape index (κ3) is 4.39. The van der Waals surface area contributed by atoms with Crippen LogP contribution in [-0.4, -0.2) is 35.3 Å². The summed E-state index contributed by atoms with van der Waals surface area (Å²) >= 11 is 0. The first-order valence-electron chi connectivity index (χ1n) is 8.81. The fourth-order valence-corrected chi connectivity index (χ4v) is 3.15. The number of nitrogens with zero attached hydrogens (tertiary/aromatic N) is 3. The Morgan fingerprint density at radius 3 is 2.68 bits per heavy atom. The molecule has 134 valence electrons. The van der Waals surface area contributed by atoms with Crippen LogP contribution in [0.1, 0.15) is 36.2 Å². The third-order valence-corrected chi connectivity index (χ3v) is 4.46. The Hall–Kier alpha value is -2.34. The number of hydrogen-bond donors (Lipinski definition) is 2. The van der Waals surface area contributed by atoms with Crippen LogP contribution >= 0.6 is 0 Å². The molecule has 2 N–H and O–H groups in total. The van der Waals surface area contributed by atoms with Crippen molar-refractivity contribution in [3.05, 3.63) is 41.2 Å². The first-order valence-corrected chi connectivity index (χ1v) is 8.81. The second-order valence-corrected chi connectivity index (χ2v) is 6.39. The highest BCUT2D eigenvalue weighted by Gasteiger charge is 2.14. The van der Waals surface area contributed by atoms with Crippen LogP contribution in [0.25, 0.3) is 0 Å². The van der Waals surface area contributed by atoms with Crippen molar-refractivity contribution < 1.29 is 9.84 Å². The van der Waals surface area contributed by atoms with Crippen molar-refractivity contribution in [2.75, 3.05) is 30.4 Å². The first-order chi connectivity index (χ1) is 12.2. The number of ether oxygens (including phenoxy) is 1. The zero-order chi connectivity index (χ0) is 17.6. The van der Waals surface area contributed by atoms with E-state index in [2.05, 4.69) is 15.2 Å². The molecule has 1 aromatic heterocycles. The van der Waals surface area contributed by atoms with E-state index in [1.54, 1.807) is 7.11 Å². The lowest BCUT2D eigenvalue weighted by Crippen LogP contribution is -2.31. The molecule has 1 aliphatic rings. The highest BCUT2D eigenvalue weighted by atomic mass is 16.5. The van der Waals surface area contributed by atoms with Crippen LogP contribution in [0.4, 0.5) is 11.6 Å². The number of hydrogen-bond acceptors (Lipinski definition) is 6. The number of rotatable bonds is 6. The molecule has 1 aromatic carbocycles. The van der Waals surface area contributed by atoms with E-state index in [-0.39, 0.29) is 6.61 Å². The maximum absolute atomic E-state index is 9.44. The van der Waals surface area contributed by atoms with Crippen molar-refractivity contribution in [1.82, 2.24) is 9.97 Å². The zero-order valence-corrected chi connectivity index (χ0v) is 15.0. The van der Waals surface area contributed by atoms with Crippen molar-refractivity contribution in [2.24, 2.45) is 0 Å². The van der Waals surface area contributed by atoms with Crippen LogP contribution in [0.2, 0.25) is 0 Å². The first kappa shape index (κ1) is 17.5. The van der Waals surface area contributed by atoms with Gasteiger partial charge in [-0.1, -0.05) is 0 Å². The largest absolute Gasteiger partial charge is 0.496 e. The summed E-state index contributed by atoms with van der Waals surface area (Å²) in [5.74, 6) is 1.53. The van der Waals surface area contributed by atoms with Gasteiger partial charge >= 0.3 is 0 Å². The van der Waals surface area contributed by atoms with Gasteiger partial charge in [-0.25, -0.2) is 9.97 Å². The maximum Gasteiger partial charge on any atom is 0.225 e. The number of aliphatic hydroxyl groups is 1. The van der Waals surface area contributed by atoms with Gasteiger partial charge in [-0.05, 0) is 50.5 Å². The van der Waals surface area contributed by atoms with Gasteiger partial charge in [-0.15, -0.1) is 0 Å². The van der Waals surface area contributed by atoms with Gasteiger partial charge in [0.05, 0.1) is 26.0 Å². The van der Waals surface area contributed by atoms with Crippen molar-refractivity contribution in [2.45, 2.75) is 39.3 Å². The third-order valence-electron chi connectivity index (χ3n) is 4.46. The van der Waals surface area contributed by atoms with E-state index in [0.29, 0.717) is 12.3 Å². The zero-order valence-electron chi connectivity index (χ0n) is 15.0. The average molecular weight is 342 g/mol. The number of methoxy groups -OCH3 is 1. The van der Waals surface area contributed by atoms with E-state index in [0.717, 1.165) is 41.7 Å². The predicted molar refractivity (Wildman–Crippen MR) is 99.1 cm³/mol. The minimum absolute atomic E-state index is 0.0512. The Balaban J connectivity index is 1.71. The van der Waals surface area contributed by atoms with Gasteiger partial charge in [0.2, 0.25) is 5.95 Å². The van der Waals surface area contributed by atoms with Crippen LogP contribution in [0.5, 0.6) is 5.75 Å². The van der Waals surface area contributed by atoms with Crippen molar-refractivity contribution >= 4 is 11.6 Å². The molecule has 0 bridgehead atoms. The van der Waals surface area contributed by atoms with Gasteiger partial charge in [0.15, 0.2) is 0 Å². The van der Waals surface area contributed by atoms with Crippen LogP contribution in [0.15, 0.2) is 24.3 Å². The summed E-state index contributed by atoms with van der Waals surface area (Å²) in [6.45, 7) is 4.64. The molecule has 1 saturated heterocycles. The van der Waals surface area contributed by atoms with E-state index < -0.39 is 0 Å². The summed E-state index contributed by atoms with van der Waals surface area (Å²) in [6.07, 6.45) is 3.71. The fraction of sp³-hybridized carbons (Fsp3) is 0.474. The number of aliphatic hydroxyl groups excluding tert-OH is 1. The molecule has 0 unspecified atom stereocenters. The van der Waals surface area contributed by atoms with Crippen LogP contribution < -0.4 is 15.0 Å². The molecule has 1 fully saturated rings. The maximum atomic E-state index is 9.44. The molecule has 0 amide bonds. The highest BCUT2D eigenvalue weighted by Crippen LogP contribution is 2.23. The standard InChI is InChI=1S/C19H26N4O2/c1-14-10-17(22-19(21-14)23-8-4-3-5-9-23)12-20-16-6-7-18(25-2)15(11-16)13-24/h6-7,10-11,20,24H,3-5,8-9,12-13H2,1-2H3. The molecule has 25 heavy (non-hydrogen) atoms. The molecule has 6 nitrogen and oxygen atoms in total. The molecule has 0 aliphatic carbocycles. The number of benzene rings is 1. The van der Waals surface area contributed by atoms with E-state index in [9.17, 15) is 5.11 Å². The number of aromatic nitrogens is 2. The Morgan fingerprint density at radius 1 is 1.16 bits per heavy atom. The summed E-state index contributed by atoms with van der Waals surface area (Å²) in [6, 6.07) is 7.71. The Kier molecular flexibility index (Phi) is 5.71. The number of piperidine rings is 1. The summed E-state index contributed by atoms with van der Waals surface area (Å²) in [7, 11) is 1.60. The molecule has 2 heterocycles. The van der Waals surface area contributed by atoms with Gasteiger partial charge in [-0.2, -0.15) is 0 Å². The topological polar surface area (TPSA) is 70.5 Å². The molecule has 2 aromatic rings. The smallest absolute Gasteiger partial charge is 0.225 e. The SMILES string of the molecule is COc1ccc(NCc2cc(C)nc(N3CCCCC3)n2)cc1CO. The highest BCUT2D eigenvalue weighted by molar-refractivity contribution is 5.51. The van der Waals surface area contributed by atoms with E-state index >= 15 is 0 Å². The molecule has 0 saturated carbocycles. The number of anilines is 2. The normalized spacial score (nSPS) is 14.4. The molecule has 1 aliphatic heterocycles. The molecular weight excluding hydrogens is 316 g/mol. The molecule has 3 rings (SSSR count). The summed E-state index contributed by atoms with van der Waals surface area (Å²) < 4.78 is 5.24. The molecule has 0 radical (unpaired) electrons. The molecule has 6 heteroatoms. The van der Waals surface area contributed by atoms with Gasteiger partial charge < -0.3 is 20.1 Å². The van der Waals surface area contributed by atoms with E-state index in [1.807, 2.05) is 31.2 Å². The van der Waals surface area contributed by atoms with Crippen LogP contribution in [0.3, 0.4) is 0 Å². The lowest BCUT2D eigenvalue weighted by Gasteiger charge is -2.27. The fourth-order valence-electron chi connectivity index (χ4n) is 3.15. The molecular formula is C19H26N4O2. The summed E-state index contributed by atoms with van der Waals surface area (Å²) in [5, 5.41) is 12.8. The van der Waals surface area contributed by atoms with Gasteiger partial charge in [0, 0.05) is 30.0 Å². The number of nitrogens with one attached hydrogen (secondary N) is 1.